The molecule has 98 valence electrons. The van der Waals surface area contributed by atoms with E-state index in [1.807, 2.05) is 25.5 Å². The van der Waals surface area contributed by atoms with E-state index in [1.54, 1.807) is 0 Å². The van der Waals surface area contributed by atoms with Gasteiger partial charge in [0, 0.05) is 18.5 Å². The smallest absolute Gasteiger partial charge is 0.0847 e. The minimum atomic E-state index is -0.289. The quantitative estimate of drug-likeness (QED) is 0.818. The fourth-order valence-corrected chi connectivity index (χ4v) is 2.17. The van der Waals surface area contributed by atoms with E-state index in [9.17, 15) is 5.11 Å². The van der Waals surface area contributed by atoms with Gasteiger partial charge in [0.2, 0.25) is 0 Å². The Morgan fingerprint density at radius 2 is 2.12 bits per heavy atom. The number of aromatic nitrogens is 2. The molecule has 0 saturated carbocycles. The highest BCUT2D eigenvalue weighted by atomic mass is 35.5. The second kappa shape index (κ2) is 5.85. The summed E-state index contributed by atoms with van der Waals surface area (Å²) in [5, 5.41) is 14.6. The number of halogens is 1. The highest BCUT2D eigenvalue weighted by Crippen LogP contribution is 2.30. The minimum Gasteiger partial charge on any atom is -0.396 e. The predicted molar refractivity (Wildman–Crippen MR) is 70.2 cm³/mol. The first-order chi connectivity index (χ1) is 8.03. The summed E-state index contributed by atoms with van der Waals surface area (Å²) in [4.78, 5) is 0. The van der Waals surface area contributed by atoms with E-state index >= 15 is 0 Å². The van der Waals surface area contributed by atoms with Gasteiger partial charge in [0.1, 0.15) is 0 Å². The molecule has 1 aromatic heterocycles. The highest BCUT2D eigenvalue weighted by molar-refractivity contribution is 6.31. The van der Waals surface area contributed by atoms with Crippen LogP contribution in [0.3, 0.4) is 0 Å². The summed E-state index contributed by atoms with van der Waals surface area (Å²) in [5.74, 6) is 0. The molecule has 1 unspecified atom stereocenters. The van der Waals surface area contributed by atoms with E-state index in [0.717, 1.165) is 24.4 Å². The second-order valence-electron chi connectivity index (χ2n) is 4.55. The van der Waals surface area contributed by atoms with Gasteiger partial charge in [0.05, 0.1) is 23.0 Å². The standard InChI is InChI=1S/C12H22ClN3O/c1-4-12(7-14,8-17)6-10-11(13)9(3)15-16(10)5-2/h17H,4-8,14H2,1-3H3. The Hall–Kier alpha value is -0.580. The van der Waals surface area contributed by atoms with Crippen molar-refractivity contribution in [3.8, 4) is 0 Å². The molecule has 1 atom stereocenters. The second-order valence-corrected chi connectivity index (χ2v) is 4.93. The zero-order valence-electron chi connectivity index (χ0n) is 10.8. The molecule has 0 aliphatic carbocycles. The van der Waals surface area contributed by atoms with Crippen molar-refractivity contribution in [1.82, 2.24) is 9.78 Å². The van der Waals surface area contributed by atoms with E-state index in [4.69, 9.17) is 17.3 Å². The van der Waals surface area contributed by atoms with Crippen LogP contribution in [0.15, 0.2) is 0 Å². The van der Waals surface area contributed by atoms with Crippen LogP contribution in [0.5, 0.6) is 0 Å². The Labute approximate surface area is 108 Å². The number of nitrogens with two attached hydrogens (primary N) is 1. The van der Waals surface area contributed by atoms with Crippen LogP contribution < -0.4 is 5.73 Å². The molecule has 0 saturated heterocycles. The van der Waals surface area contributed by atoms with Crippen molar-refractivity contribution in [1.29, 1.82) is 0 Å². The van der Waals surface area contributed by atoms with E-state index in [0.29, 0.717) is 18.0 Å². The first-order valence-corrected chi connectivity index (χ1v) is 6.44. The van der Waals surface area contributed by atoms with Crippen LogP contribution in [0.4, 0.5) is 0 Å². The van der Waals surface area contributed by atoms with Gasteiger partial charge >= 0.3 is 0 Å². The molecule has 0 bridgehead atoms. The van der Waals surface area contributed by atoms with Gasteiger partial charge in [0.25, 0.3) is 0 Å². The van der Waals surface area contributed by atoms with Crippen molar-refractivity contribution in [2.24, 2.45) is 11.1 Å². The molecular weight excluding hydrogens is 238 g/mol. The molecule has 0 radical (unpaired) electrons. The molecule has 0 aliphatic heterocycles. The third-order valence-electron chi connectivity index (χ3n) is 3.51. The largest absolute Gasteiger partial charge is 0.396 e. The molecule has 0 amide bonds. The SMILES string of the molecule is CCn1nc(C)c(Cl)c1CC(CC)(CN)CO. The summed E-state index contributed by atoms with van der Waals surface area (Å²) < 4.78 is 1.90. The molecule has 1 heterocycles. The molecule has 5 heteroatoms. The molecule has 3 N–H and O–H groups in total. The van der Waals surface area contributed by atoms with Gasteiger partial charge < -0.3 is 10.8 Å². The molecule has 0 aliphatic rings. The van der Waals surface area contributed by atoms with Gasteiger partial charge in [-0.1, -0.05) is 18.5 Å². The average molecular weight is 260 g/mol. The number of aliphatic hydroxyl groups is 1. The van der Waals surface area contributed by atoms with Gasteiger partial charge in [0.15, 0.2) is 0 Å². The predicted octanol–water partition coefficient (Wildman–Crippen LogP) is 1.75. The molecule has 1 aromatic rings. The monoisotopic (exact) mass is 259 g/mol. The van der Waals surface area contributed by atoms with Crippen LogP contribution in [0, 0.1) is 12.3 Å². The first-order valence-electron chi connectivity index (χ1n) is 6.06. The number of hydrogen-bond acceptors (Lipinski definition) is 3. The molecule has 4 nitrogen and oxygen atoms in total. The lowest BCUT2D eigenvalue weighted by Gasteiger charge is -2.29. The lowest BCUT2D eigenvalue weighted by Crippen LogP contribution is -2.36. The Morgan fingerprint density at radius 3 is 2.53 bits per heavy atom. The first kappa shape index (κ1) is 14.5. The van der Waals surface area contributed by atoms with Crippen molar-refractivity contribution in [2.75, 3.05) is 13.2 Å². The lowest BCUT2D eigenvalue weighted by molar-refractivity contribution is 0.125. The van der Waals surface area contributed by atoms with Crippen molar-refractivity contribution >= 4 is 11.6 Å². The summed E-state index contributed by atoms with van der Waals surface area (Å²) in [5.41, 5.74) is 7.32. The maximum Gasteiger partial charge on any atom is 0.0847 e. The van der Waals surface area contributed by atoms with Crippen LogP contribution in [-0.2, 0) is 13.0 Å². The molecular formula is C12H22ClN3O. The van der Waals surface area contributed by atoms with Gasteiger partial charge in [-0.05, 0) is 26.7 Å². The van der Waals surface area contributed by atoms with Gasteiger partial charge in [-0.3, -0.25) is 4.68 Å². The summed E-state index contributed by atoms with van der Waals surface area (Å²) in [6.07, 6.45) is 1.49. The van der Waals surface area contributed by atoms with Crippen LogP contribution in [0.25, 0.3) is 0 Å². The Morgan fingerprint density at radius 1 is 1.47 bits per heavy atom. The summed E-state index contributed by atoms with van der Waals surface area (Å²) in [6.45, 7) is 7.26. The molecule has 1 rings (SSSR count). The van der Waals surface area contributed by atoms with Gasteiger partial charge in [-0.2, -0.15) is 5.10 Å². The number of rotatable bonds is 6. The normalized spacial score (nSPS) is 14.9. The van der Waals surface area contributed by atoms with Crippen LogP contribution in [0.1, 0.15) is 31.7 Å². The number of hydrogen-bond donors (Lipinski definition) is 2. The van der Waals surface area contributed by atoms with Gasteiger partial charge in [-0.25, -0.2) is 0 Å². The number of aryl methyl sites for hydroxylation is 2. The zero-order valence-corrected chi connectivity index (χ0v) is 11.6. The van der Waals surface area contributed by atoms with E-state index < -0.39 is 0 Å². The van der Waals surface area contributed by atoms with Crippen molar-refractivity contribution in [2.45, 2.75) is 40.2 Å². The summed E-state index contributed by atoms with van der Waals surface area (Å²) >= 11 is 6.26. The van der Waals surface area contributed by atoms with E-state index in [1.165, 1.54) is 0 Å². The Bertz CT molecular complexity index is 364. The van der Waals surface area contributed by atoms with Crippen LogP contribution >= 0.6 is 11.6 Å². The Kier molecular flexibility index (Phi) is 4.98. The fraction of sp³-hybridized carbons (Fsp3) is 0.750. The van der Waals surface area contributed by atoms with E-state index in [2.05, 4.69) is 5.10 Å². The summed E-state index contributed by atoms with van der Waals surface area (Å²) in [7, 11) is 0. The third kappa shape index (κ3) is 2.81. The highest BCUT2D eigenvalue weighted by Gasteiger charge is 2.29. The number of aliphatic hydroxyl groups excluding tert-OH is 1. The molecule has 0 fully saturated rings. The number of nitrogens with zero attached hydrogens (tertiary/aromatic N) is 2. The third-order valence-corrected chi connectivity index (χ3v) is 4.01. The maximum atomic E-state index is 9.55. The zero-order chi connectivity index (χ0) is 13.1. The van der Waals surface area contributed by atoms with Crippen LogP contribution in [0.2, 0.25) is 5.02 Å². The summed E-state index contributed by atoms with van der Waals surface area (Å²) in [6, 6.07) is 0. The molecule has 0 spiro atoms. The van der Waals surface area contributed by atoms with Gasteiger partial charge in [-0.15, -0.1) is 0 Å². The van der Waals surface area contributed by atoms with Crippen LogP contribution in [-0.4, -0.2) is 28.0 Å². The fourth-order valence-electron chi connectivity index (χ4n) is 1.97. The van der Waals surface area contributed by atoms with Crippen molar-refractivity contribution in [3.63, 3.8) is 0 Å². The molecule has 17 heavy (non-hydrogen) atoms. The van der Waals surface area contributed by atoms with E-state index in [-0.39, 0.29) is 12.0 Å². The molecule has 0 aromatic carbocycles. The topological polar surface area (TPSA) is 64.1 Å². The van der Waals surface area contributed by atoms with Crippen molar-refractivity contribution < 1.29 is 5.11 Å². The minimum absolute atomic E-state index is 0.0737. The van der Waals surface area contributed by atoms with Crippen molar-refractivity contribution in [3.05, 3.63) is 16.4 Å². The average Bonchev–Trinajstić information content (AvgIpc) is 2.63. The maximum absolute atomic E-state index is 9.55. The Balaban J connectivity index is 3.08. The lowest BCUT2D eigenvalue weighted by atomic mass is 9.81.